The average molecular weight is 1510 g/mol. The number of carbonyl (C=O) groups is 9. The third-order valence-corrected chi connectivity index (χ3v) is 16.3. The lowest BCUT2D eigenvalue weighted by Gasteiger charge is -2.48. The van der Waals surface area contributed by atoms with Gasteiger partial charge in [0.15, 0.2) is 25.1 Å². The molecule has 0 spiro atoms. The molecule has 2 bridgehead atoms. The van der Waals surface area contributed by atoms with Gasteiger partial charge < -0.3 is 46.5 Å². The Morgan fingerprint density at radius 1 is 0.509 bits per heavy atom. The van der Waals surface area contributed by atoms with Crippen LogP contribution < -0.4 is 11.5 Å². The average Bonchev–Trinajstić information content (AvgIpc) is 0.703. The number of methoxy groups -OCH3 is 1. The topological polar surface area (TPSA) is 575 Å². The van der Waals surface area contributed by atoms with Crippen LogP contribution in [-0.2, 0) is 23.9 Å². The summed E-state index contributed by atoms with van der Waals surface area (Å²) in [5.74, 6) is -5.33. The molecule has 0 amide bonds. The molecule has 11 aromatic rings. The molecule has 3 aliphatic carbocycles. The number of ether oxygens (including phenoxy) is 2. The SMILES string of the molecule is CC(=O)C(=O)O.CC1(C(=O)O)CC2c3ncccc3C1c1cccnc12.COCCOCCO.Cc1cc(C)c([N+](=O)[O-])cc1[N+](=O)[O-].Nc1cc(N)c(C=O)cc1C=O.O=C(O)c1ccc2cc3ccc(C(=O)O)nc3cc2n1.O=Cc1cc(C=O)c([N+](=O)[O-])cc1[N+](=O)[O-].c1cnc2cc3ncccc3cc2c1. The molecule has 110 heavy (non-hydrogen) atoms. The Morgan fingerprint density at radius 2 is 0.891 bits per heavy atom. The standard InChI is InChI=1S/C16H14N2O2.C14H8N2O4.C12H8N2.C8H4N2O6.C8H8N2O4.C8H8N2O2.C5H12O3.C3H4O3/c1-16(15(19)20)8-11-13-9(4-2-6-17-13)12(16)10-5-3-7-18-14(10)11;17-13(18)9-3-1-7-5-8-2-4-10(14(19)20)16-12(8)6-11(7)15-9;1-3-9-7-10-4-2-6-14-12(10)8-11(9)13-5-1;11-3-5-1-6(4-12)8(10(15)16)2-7(5)9(13)14;1-5-3-6(2)8(10(13)14)4-7(5)9(11)12;9-7-2-8(10)6(4-12)1-5(7)3-11;1-7-4-5-8-3-2-6;1-2(4)3(5)6/h2-7,11-12H,8H2,1H3,(H,19,20);1-6H,(H,17,18)(H,19,20);1-8H;1-4H;3-4H,1-2H3;1-4H,9-10H2;6H,2-5H2,1H3;1H3,(H,5,6). The number of hydrogen-bond acceptors (Lipinski definition) is 28. The highest BCUT2D eigenvalue weighted by Crippen LogP contribution is 2.60. The van der Waals surface area contributed by atoms with Crippen LogP contribution in [-0.4, -0.2) is 163 Å². The van der Waals surface area contributed by atoms with E-state index in [4.69, 9.17) is 36.6 Å². The van der Waals surface area contributed by atoms with Crippen molar-refractivity contribution in [3.05, 3.63) is 266 Å². The van der Waals surface area contributed by atoms with Crippen LogP contribution in [0.1, 0.15) is 128 Å². The first-order valence-electron chi connectivity index (χ1n) is 32.0. The van der Waals surface area contributed by atoms with Gasteiger partial charge in [0, 0.05) is 106 Å². The van der Waals surface area contributed by atoms with Gasteiger partial charge in [-0.05, 0) is 123 Å². The van der Waals surface area contributed by atoms with Gasteiger partial charge in [0.25, 0.3) is 22.7 Å². The van der Waals surface area contributed by atoms with Crippen molar-refractivity contribution in [3.63, 3.8) is 0 Å². The van der Waals surface area contributed by atoms with Crippen LogP contribution in [0, 0.1) is 59.7 Å². The van der Waals surface area contributed by atoms with E-state index in [2.05, 4.69) is 52.8 Å². The van der Waals surface area contributed by atoms with E-state index >= 15 is 0 Å². The predicted octanol–water partition coefficient (Wildman–Crippen LogP) is 10.5. The number of nitro benzene ring substituents is 4. The lowest BCUT2D eigenvalue weighted by atomic mass is 9.55. The number of aldehydes is 4. The summed E-state index contributed by atoms with van der Waals surface area (Å²) in [6.45, 7) is 7.61. The van der Waals surface area contributed by atoms with Crippen molar-refractivity contribution in [1.82, 2.24) is 29.9 Å². The number of anilines is 2. The quantitative estimate of drug-likeness (QED) is 0.00847. The van der Waals surface area contributed by atoms with E-state index in [-0.39, 0.29) is 87.4 Å². The molecule has 0 fully saturated rings. The Labute approximate surface area is 620 Å². The largest absolute Gasteiger partial charge is 0.481 e. The number of aliphatic carboxylic acids is 2. The van der Waals surface area contributed by atoms with Gasteiger partial charge in [0.2, 0.25) is 5.78 Å². The van der Waals surface area contributed by atoms with E-state index in [0.717, 1.165) is 74.1 Å². The lowest BCUT2D eigenvalue weighted by molar-refractivity contribution is -0.395. The van der Waals surface area contributed by atoms with Gasteiger partial charge in [-0.2, -0.15) is 0 Å². The van der Waals surface area contributed by atoms with Crippen LogP contribution in [0.15, 0.2) is 158 Å². The highest BCUT2D eigenvalue weighted by atomic mass is 16.6. The summed E-state index contributed by atoms with van der Waals surface area (Å²) in [6, 6.07) is 36.1. The number of nitrogens with two attached hydrogens (primary N) is 2. The zero-order valence-electron chi connectivity index (χ0n) is 58.6. The number of carboxylic acid groups (broad SMARTS) is 4. The maximum absolute atomic E-state index is 11.8. The number of carboxylic acids is 4. The van der Waals surface area contributed by atoms with Gasteiger partial charge in [-0.25, -0.2) is 24.4 Å². The van der Waals surface area contributed by atoms with Crippen molar-refractivity contribution in [2.45, 2.75) is 46.0 Å². The van der Waals surface area contributed by atoms with Crippen LogP contribution in [0.4, 0.5) is 34.1 Å². The van der Waals surface area contributed by atoms with E-state index in [9.17, 15) is 88.7 Å². The summed E-state index contributed by atoms with van der Waals surface area (Å²) in [4.78, 5) is 159. The second-order valence-electron chi connectivity index (χ2n) is 23.5. The van der Waals surface area contributed by atoms with Gasteiger partial charge in [-0.1, -0.05) is 36.4 Å². The minimum absolute atomic E-state index is 0.00602. The zero-order valence-corrected chi connectivity index (χ0v) is 58.6. The minimum atomic E-state index is -1.38. The van der Waals surface area contributed by atoms with Crippen molar-refractivity contribution >= 4 is 133 Å². The lowest BCUT2D eigenvalue weighted by Crippen LogP contribution is -2.45. The second-order valence-corrected chi connectivity index (χ2v) is 23.5. The fourth-order valence-electron chi connectivity index (χ4n) is 11.0. The van der Waals surface area contributed by atoms with E-state index in [1.807, 2.05) is 49.4 Å². The second kappa shape index (κ2) is 38.9. The van der Waals surface area contributed by atoms with Crippen molar-refractivity contribution in [1.29, 1.82) is 0 Å². The van der Waals surface area contributed by atoms with Gasteiger partial charge in [0.05, 0.1) is 108 Å². The highest BCUT2D eigenvalue weighted by Gasteiger charge is 2.55. The van der Waals surface area contributed by atoms with Gasteiger partial charge >= 0.3 is 23.9 Å². The molecule has 9 N–H and O–H groups in total. The zero-order chi connectivity index (χ0) is 81.3. The number of nitrogens with zero attached hydrogens (tertiary/aromatic N) is 10. The fourth-order valence-corrected chi connectivity index (χ4v) is 11.0. The molecule has 0 saturated carbocycles. The molecule has 3 aliphatic rings. The number of benzene rings is 5. The monoisotopic (exact) mass is 1510 g/mol. The first kappa shape index (κ1) is 84.3. The number of hydrogen-bond donors (Lipinski definition) is 7. The van der Waals surface area contributed by atoms with Crippen LogP contribution in [0.3, 0.4) is 0 Å². The number of aromatic carboxylic acids is 2. The number of carbonyl (C=O) groups excluding carboxylic acids is 5. The number of Topliss-reactive ketones (excluding diaryl/α,β-unsaturated/α-hetero) is 1. The maximum atomic E-state index is 11.8. The Hall–Kier alpha value is -14.7. The highest BCUT2D eigenvalue weighted by molar-refractivity contribution is 6.31. The molecule has 36 heteroatoms. The van der Waals surface area contributed by atoms with Gasteiger partial charge in [0.1, 0.15) is 11.4 Å². The summed E-state index contributed by atoms with van der Waals surface area (Å²) < 4.78 is 9.53. The minimum Gasteiger partial charge on any atom is -0.481 e. The number of aromatic nitrogens is 6. The molecule has 14 rings (SSSR count). The predicted molar refractivity (Wildman–Crippen MR) is 394 cm³/mol. The van der Waals surface area contributed by atoms with Crippen LogP contribution in [0.5, 0.6) is 0 Å². The molecule has 0 saturated heterocycles. The molecule has 5 aromatic carbocycles. The van der Waals surface area contributed by atoms with Crippen molar-refractivity contribution in [3.8, 4) is 0 Å². The summed E-state index contributed by atoms with van der Waals surface area (Å²) in [7, 11) is 1.61. The molecule has 1 atom stereocenters. The van der Waals surface area contributed by atoms with Crippen LogP contribution in [0.2, 0.25) is 0 Å². The Kier molecular flexibility index (Phi) is 29.8. The summed E-state index contributed by atoms with van der Waals surface area (Å²) >= 11 is 0. The van der Waals surface area contributed by atoms with E-state index in [1.54, 1.807) is 70.0 Å². The first-order valence-corrected chi connectivity index (χ1v) is 32.0. The molecule has 6 heterocycles. The number of fused-ring (bicyclic) bond motifs is 5. The normalized spacial score (nSPS) is 13.5. The van der Waals surface area contributed by atoms with E-state index in [0.29, 0.717) is 67.0 Å². The third kappa shape index (κ3) is 21.3. The first-order chi connectivity index (χ1) is 52.3. The number of ketones is 1. The van der Waals surface area contributed by atoms with Gasteiger partial charge in [-0.15, -0.1) is 0 Å². The van der Waals surface area contributed by atoms with Crippen molar-refractivity contribution in [2.24, 2.45) is 5.41 Å². The molecule has 566 valence electrons. The number of aryl methyl sites for hydroxylation is 2. The number of rotatable bonds is 17. The number of nitro groups is 4. The number of aliphatic hydroxyl groups is 1. The summed E-state index contributed by atoms with van der Waals surface area (Å²) in [5, 5.41) is 89.2. The maximum Gasteiger partial charge on any atom is 0.371 e. The van der Waals surface area contributed by atoms with E-state index in [1.165, 1.54) is 30.3 Å². The molecule has 6 aromatic heterocycles. The van der Waals surface area contributed by atoms with E-state index < -0.39 is 66.1 Å². The van der Waals surface area contributed by atoms with Crippen molar-refractivity contribution < 1.29 is 97.9 Å². The Morgan fingerprint density at radius 3 is 1.26 bits per heavy atom. The Balaban J connectivity index is 0.000000201. The molecule has 0 radical (unpaired) electrons. The van der Waals surface area contributed by atoms with Crippen LogP contribution >= 0.6 is 0 Å². The summed E-state index contributed by atoms with van der Waals surface area (Å²) in [5.41, 5.74) is 16.4. The summed E-state index contributed by atoms with van der Waals surface area (Å²) in [6.07, 6.45) is 9.23. The number of nitrogen functional groups attached to an aromatic ring is 2. The smallest absolute Gasteiger partial charge is 0.371 e. The molecule has 1 unspecified atom stereocenters. The molecule has 0 aliphatic heterocycles. The Bertz CT molecular complexity index is 5050. The molecular formula is C74H66N12O24. The number of pyridine rings is 6. The molecule has 36 nitrogen and oxygen atoms in total. The molecular weight excluding hydrogens is 1440 g/mol. The fraction of sp³-hybridized carbons (Fsp3) is 0.176. The number of aliphatic hydroxyl groups excluding tert-OH is 1. The van der Waals surface area contributed by atoms with Gasteiger partial charge in [-0.3, -0.25) is 89.2 Å². The van der Waals surface area contributed by atoms with Crippen molar-refractivity contribution in [2.75, 3.05) is 45.0 Å². The third-order valence-electron chi connectivity index (χ3n) is 16.3. The van der Waals surface area contributed by atoms with Crippen LogP contribution in [0.25, 0.3) is 43.6 Å².